The van der Waals surface area contributed by atoms with Crippen molar-refractivity contribution in [1.82, 2.24) is 24.7 Å². The maximum absolute atomic E-state index is 13.1. The zero-order valence-corrected chi connectivity index (χ0v) is 17.9. The molecule has 2 aliphatic rings. The minimum atomic E-state index is -2.91. The average molecular weight is 455 g/mol. The second-order valence-corrected chi connectivity index (χ2v) is 10.6. The highest BCUT2D eigenvalue weighted by Gasteiger charge is 2.34. The van der Waals surface area contributed by atoms with E-state index in [9.17, 15) is 17.6 Å². The van der Waals surface area contributed by atoms with Gasteiger partial charge in [0.2, 0.25) is 11.1 Å². The van der Waals surface area contributed by atoms with E-state index in [0.717, 1.165) is 0 Å². The number of carbonyl (C=O) groups is 1. The van der Waals surface area contributed by atoms with Crippen LogP contribution in [0.15, 0.2) is 29.4 Å². The molecule has 2 N–H and O–H groups in total. The van der Waals surface area contributed by atoms with Crippen molar-refractivity contribution in [3.8, 4) is 11.4 Å². The van der Waals surface area contributed by atoms with Crippen LogP contribution in [0.25, 0.3) is 11.4 Å². The number of hydrogen-bond acceptors (Lipinski definition) is 8. The van der Waals surface area contributed by atoms with Crippen LogP contribution in [0.1, 0.15) is 6.42 Å². The Morgan fingerprint density at radius 3 is 2.50 bits per heavy atom. The summed E-state index contributed by atoms with van der Waals surface area (Å²) in [4.78, 5) is 16.5. The third-order valence-electron chi connectivity index (χ3n) is 5.48. The summed E-state index contributed by atoms with van der Waals surface area (Å²) in [5.74, 6) is 6.72. The first kappa shape index (κ1) is 21.1. The van der Waals surface area contributed by atoms with Crippen molar-refractivity contribution in [2.45, 2.75) is 17.6 Å². The van der Waals surface area contributed by atoms with Gasteiger partial charge in [0, 0.05) is 37.8 Å². The molecule has 2 aromatic rings. The zero-order valence-electron chi connectivity index (χ0n) is 16.3. The molecule has 0 spiro atoms. The monoisotopic (exact) mass is 454 g/mol. The van der Waals surface area contributed by atoms with Gasteiger partial charge in [0.1, 0.15) is 5.82 Å². The Morgan fingerprint density at radius 1 is 1.17 bits per heavy atom. The molecule has 0 bridgehead atoms. The van der Waals surface area contributed by atoms with E-state index in [-0.39, 0.29) is 35.0 Å². The first-order valence-corrected chi connectivity index (χ1v) is 12.4. The van der Waals surface area contributed by atoms with E-state index in [1.807, 2.05) is 0 Å². The largest absolute Gasteiger partial charge is 0.339 e. The van der Waals surface area contributed by atoms with Crippen LogP contribution < -0.4 is 5.84 Å². The molecule has 30 heavy (non-hydrogen) atoms. The summed E-state index contributed by atoms with van der Waals surface area (Å²) in [6.07, 6.45) is 0.675. The molecular formula is C18H23FN6O3S2. The van der Waals surface area contributed by atoms with E-state index in [1.54, 1.807) is 17.0 Å². The van der Waals surface area contributed by atoms with E-state index < -0.39 is 9.84 Å². The summed E-state index contributed by atoms with van der Waals surface area (Å²) in [5, 5.41) is 8.47. The Labute approximate surface area is 178 Å². The van der Waals surface area contributed by atoms with Gasteiger partial charge in [0.25, 0.3) is 0 Å². The highest BCUT2D eigenvalue weighted by atomic mass is 32.2. The molecule has 2 aliphatic heterocycles. The van der Waals surface area contributed by atoms with Crippen LogP contribution in [0.3, 0.4) is 0 Å². The maximum Gasteiger partial charge on any atom is 0.233 e. The molecule has 1 unspecified atom stereocenters. The van der Waals surface area contributed by atoms with Gasteiger partial charge in [-0.2, -0.15) is 0 Å². The summed E-state index contributed by atoms with van der Waals surface area (Å²) >= 11 is 1.20. The predicted octanol–water partition coefficient (Wildman–Crippen LogP) is 0.221. The molecule has 0 radical (unpaired) electrons. The number of nitrogen functional groups attached to an aromatic ring is 1. The van der Waals surface area contributed by atoms with Crippen LogP contribution >= 0.6 is 11.8 Å². The fraction of sp³-hybridized carbons (Fsp3) is 0.500. The number of sulfone groups is 1. The number of nitrogens with two attached hydrogens (primary N) is 1. The average Bonchev–Trinajstić information content (AvgIpc) is 3.29. The van der Waals surface area contributed by atoms with Gasteiger partial charge >= 0.3 is 0 Å². The molecule has 3 heterocycles. The predicted molar refractivity (Wildman–Crippen MR) is 112 cm³/mol. The highest BCUT2D eigenvalue weighted by molar-refractivity contribution is 7.99. The lowest BCUT2D eigenvalue weighted by atomic mass is 10.2. The van der Waals surface area contributed by atoms with Gasteiger partial charge in [0.05, 0.1) is 17.3 Å². The fourth-order valence-corrected chi connectivity index (χ4v) is 6.31. The minimum Gasteiger partial charge on any atom is -0.339 e. The number of halogens is 1. The SMILES string of the molecule is Nn1c(SCC(=O)N2CCN(C3CCS(=O)(=O)C3)CC2)nnc1-c1ccc(F)cc1. The van der Waals surface area contributed by atoms with Crippen molar-refractivity contribution in [3.05, 3.63) is 30.1 Å². The number of amides is 1. The lowest BCUT2D eigenvalue weighted by Crippen LogP contribution is -2.52. The summed E-state index contributed by atoms with van der Waals surface area (Å²) in [5.41, 5.74) is 0.634. The van der Waals surface area contributed by atoms with Crippen molar-refractivity contribution >= 4 is 27.5 Å². The first-order chi connectivity index (χ1) is 14.3. The molecule has 1 atom stereocenters. The fourth-order valence-electron chi connectivity index (χ4n) is 3.79. The second-order valence-electron chi connectivity index (χ2n) is 7.45. The number of aromatic nitrogens is 3. The zero-order chi connectivity index (χ0) is 21.3. The number of piperazine rings is 1. The van der Waals surface area contributed by atoms with Gasteiger partial charge < -0.3 is 10.7 Å². The quantitative estimate of drug-likeness (QED) is 0.504. The Hall–Kier alpha value is -2.18. The van der Waals surface area contributed by atoms with E-state index in [0.29, 0.717) is 49.1 Å². The van der Waals surface area contributed by atoms with Crippen molar-refractivity contribution in [3.63, 3.8) is 0 Å². The molecule has 2 saturated heterocycles. The number of carbonyl (C=O) groups excluding carboxylic acids is 1. The Morgan fingerprint density at radius 2 is 1.87 bits per heavy atom. The lowest BCUT2D eigenvalue weighted by molar-refractivity contribution is -0.130. The number of rotatable bonds is 5. The van der Waals surface area contributed by atoms with Crippen molar-refractivity contribution in [2.75, 3.05) is 49.3 Å². The smallest absolute Gasteiger partial charge is 0.233 e. The van der Waals surface area contributed by atoms with E-state index in [4.69, 9.17) is 5.84 Å². The van der Waals surface area contributed by atoms with E-state index in [2.05, 4.69) is 15.1 Å². The normalized spacial score (nSPS) is 21.8. The molecule has 1 amide bonds. The lowest BCUT2D eigenvalue weighted by Gasteiger charge is -2.37. The minimum absolute atomic E-state index is 0.0231. The number of thioether (sulfide) groups is 1. The molecule has 12 heteroatoms. The topological polar surface area (TPSA) is 114 Å². The van der Waals surface area contributed by atoms with Crippen LogP contribution in [0, 0.1) is 5.82 Å². The van der Waals surface area contributed by atoms with Gasteiger partial charge in [0.15, 0.2) is 15.7 Å². The van der Waals surface area contributed by atoms with Crippen LogP contribution in [0.4, 0.5) is 4.39 Å². The summed E-state index contributed by atoms with van der Waals surface area (Å²) in [7, 11) is -2.91. The molecule has 0 aliphatic carbocycles. The molecule has 1 aromatic heterocycles. The summed E-state index contributed by atoms with van der Waals surface area (Å²) in [6.45, 7) is 2.51. The van der Waals surface area contributed by atoms with Gasteiger partial charge in [-0.1, -0.05) is 11.8 Å². The molecule has 4 rings (SSSR count). The summed E-state index contributed by atoms with van der Waals surface area (Å²) < 4.78 is 37.7. The Bertz CT molecular complexity index is 1020. The van der Waals surface area contributed by atoms with E-state index >= 15 is 0 Å². The van der Waals surface area contributed by atoms with Crippen molar-refractivity contribution in [1.29, 1.82) is 0 Å². The van der Waals surface area contributed by atoms with Crippen LogP contribution in [-0.2, 0) is 14.6 Å². The van der Waals surface area contributed by atoms with Crippen LogP contribution in [-0.4, -0.2) is 88.5 Å². The maximum atomic E-state index is 13.1. The second kappa shape index (κ2) is 8.52. The molecule has 9 nitrogen and oxygen atoms in total. The number of hydrogen-bond donors (Lipinski definition) is 1. The standard InChI is InChI=1S/C18H23FN6O3S2/c19-14-3-1-13(2-4-14)17-21-22-18(25(17)20)29-11-16(26)24-8-6-23(7-9-24)15-5-10-30(27,28)12-15/h1-4,15H,5-12,20H2. The van der Waals surface area contributed by atoms with Gasteiger partial charge in [-0.05, 0) is 30.7 Å². The third kappa shape index (κ3) is 4.60. The molecule has 0 saturated carbocycles. The molecule has 162 valence electrons. The molecule has 2 fully saturated rings. The molecule has 1 aromatic carbocycles. The Kier molecular flexibility index (Phi) is 5.98. The van der Waals surface area contributed by atoms with Crippen molar-refractivity contribution in [2.24, 2.45) is 0 Å². The first-order valence-electron chi connectivity index (χ1n) is 9.64. The highest BCUT2D eigenvalue weighted by Crippen LogP contribution is 2.23. The molecular weight excluding hydrogens is 431 g/mol. The van der Waals surface area contributed by atoms with Gasteiger partial charge in [-0.3, -0.25) is 9.69 Å². The van der Waals surface area contributed by atoms with Crippen LogP contribution in [0.5, 0.6) is 0 Å². The Balaban J connectivity index is 1.29. The van der Waals surface area contributed by atoms with E-state index in [1.165, 1.54) is 28.6 Å². The van der Waals surface area contributed by atoms with Crippen LogP contribution in [0.2, 0.25) is 0 Å². The number of nitrogens with zero attached hydrogens (tertiary/aromatic N) is 5. The van der Waals surface area contributed by atoms with Gasteiger partial charge in [-0.25, -0.2) is 17.5 Å². The third-order valence-corrected chi connectivity index (χ3v) is 8.16. The van der Waals surface area contributed by atoms with Gasteiger partial charge in [-0.15, -0.1) is 10.2 Å². The summed E-state index contributed by atoms with van der Waals surface area (Å²) in [6, 6.07) is 5.85. The van der Waals surface area contributed by atoms with Crippen molar-refractivity contribution < 1.29 is 17.6 Å². The number of benzene rings is 1.